The number of hydrogen-bond donors (Lipinski definition) is 3. The topological polar surface area (TPSA) is 91.9 Å². The molecule has 0 aliphatic carbocycles. The average molecular weight is 502 g/mol. The summed E-state index contributed by atoms with van der Waals surface area (Å²) in [6, 6.07) is 7.38. The first-order valence-electron chi connectivity index (χ1n) is 9.43. The number of nitrogens with zero attached hydrogens (tertiary/aromatic N) is 2. The van der Waals surface area contributed by atoms with E-state index >= 15 is 0 Å². The van der Waals surface area contributed by atoms with Crippen molar-refractivity contribution in [2.24, 2.45) is 4.99 Å². The fourth-order valence-electron chi connectivity index (χ4n) is 2.75. The monoisotopic (exact) mass is 502 g/mol. The Kier molecular flexibility index (Phi) is 10.9. The third-order valence-electron chi connectivity index (χ3n) is 4.31. The number of aliphatic hydroxyl groups excluding tert-OH is 1. The highest BCUT2D eigenvalue weighted by Crippen LogP contribution is 2.18. The van der Waals surface area contributed by atoms with Crippen LogP contribution in [0.4, 0.5) is 0 Å². The Morgan fingerprint density at radius 3 is 2.46 bits per heavy atom. The third kappa shape index (κ3) is 6.66. The molecule has 7 nitrogen and oxygen atoms in total. The summed E-state index contributed by atoms with van der Waals surface area (Å²) in [6.07, 6.45) is 0.958. The zero-order valence-electron chi connectivity index (χ0n) is 17.0. The number of aromatic nitrogens is 1. The minimum atomic E-state index is -0.646. The number of halogens is 1. The van der Waals surface area contributed by atoms with Crippen LogP contribution in [0.25, 0.3) is 0 Å². The number of aliphatic imine (C=N–C) groups is 1. The molecule has 8 heteroatoms. The molecular formula is C20H31IN4O3. The van der Waals surface area contributed by atoms with Crippen LogP contribution in [0.5, 0.6) is 5.75 Å². The number of rotatable bonds is 9. The van der Waals surface area contributed by atoms with E-state index in [0.29, 0.717) is 19.0 Å². The smallest absolute Gasteiger partial charge is 0.191 e. The molecule has 3 N–H and O–H groups in total. The Hall–Kier alpha value is -1.81. The first-order chi connectivity index (χ1) is 13.1. The molecule has 0 saturated carbocycles. The molecular weight excluding hydrogens is 471 g/mol. The third-order valence-corrected chi connectivity index (χ3v) is 4.31. The second-order valence-corrected chi connectivity index (χ2v) is 6.10. The fourth-order valence-corrected chi connectivity index (χ4v) is 2.75. The van der Waals surface area contributed by atoms with Crippen LogP contribution < -0.4 is 15.4 Å². The highest BCUT2D eigenvalue weighted by Gasteiger charge is 2.13. The molecule has 156 valence electrons. The van der Waals surface area contributed by atoms with Gasteiger partial charge in [-0.2, -0.15) is 0 Å². The number of ether oxygens (including phenoxy) is 1. The molecule has 0 spiro atoms. The van der Waals surface area contributed by atoms with E-state index in [4.69, 9.17) is 9.26 Å². The van der Waals surface area contributed by atoms with Gasteiger partial charge in [-0.15, -0.1) is 24.0 Å². The Balaban J connectivity index is 0.00000392. The van der Waals surface area contributed by atoms with E-state index < -0.39 is 6.10 Å². The van der Waals surface area contributed by atoms with Gasteiger partial charge in [-0.3, -0.25) is 0 Å². The van der Waals surface area contributed by atoms with Crippen molar-refractivity contribution in [3.8, 4) is 5.75 Å². The van der Waals surface area contributed by atoms with E-state index in [2.05, 4.69) is 27.7 Å². The lowest BCUT2D eigenvalue weighted by Crippen LogP contribution is -2.39. The lowest BCUT2D eigenvalue weighted by Gasteiger charge is -2.16. The van der Waals surface area contributed by atoms with E-state index in [1.54, 1.807) is 7.11 Å². The molecule has 0 radical (unpaired) electrons. The van der Waals surface area contributed by atoms with Crippen molar-refractivity contribution in [3.63, 3.8) is 0 Å². The second kappa shape index (κ2) is 12.6. The number of guanidine groups is 1. The van der Waals surface area contributed by atoms with Gasteiger partial charge in [-0.05, 0) is 31.0 Å². The summed E-state index contributed by atoms with van der Waals surface area (Å²) in [7, 11) is 1.62. The molecule has 0 bridgehead atoms. The van der Waals surface area contributed by atoms with Gasteiger partial charge in [0.05, 0.1) is 25.5 Å². The maximum absolute atomic E-state index is 10.4. The summed E-state index contributed by atoms with van der Waals surface area (Å²) in [4.78, 5) is 4.63. The molecule has 1 aromatic carbocycles. The molecule has 1 atom stereocenters. The lowest BCUT2D eigenvalue weighted by molar-refractivity contribution is 0.180. The predicted molar refractivity (Wildman–Crippen MR) is 121 cm³/mol. The number of aliphatic hydroxyl groups is 1. The number of benzene rings is 1. The van der Waals surface area contributed by atoms with Crippen LogP contribution >= 0.6 is 24.0 Å². The van der Waals surface area contributed by atoms with Crippen molar-refractivity contribution in [1.29, 1.82) is 0 Å². The summed E-state index contributed by atoms with van der Waals surface area (Å²) >= 11 is 0. The van der Waals surface area contributed by atoms with Gasteiger partial charge in [-0.25, -0.2) is 4.99 Å². The van der Waals surface area contributed by atoms with Crippen molar-refractivity contribution in [2.45, 2.75) is 46.3 Å². The fraction of sp³-hybridized carbons (Fsp3) is 0.500. The van der Waals surface area contributed by atoms with Crippen LogP contribution in [0.1, 0.15) is 49.5 Å². The highest BCUT2D eigenvalue weighted by atomic mass is 127. The van der Waals surface area contributed by atoms with Crippen LogP contribution in [0.3, 0.4) is 0 Å². The molecule has 0 saturated heterocycles. The molecule has 28 heavy (non-hydrogen) atoms. The van der Waals surface area contributed by atoms with Crippen LogP contribution in [0, 0.1) is 0 Å². The largest absolute Gasteiger partial charge is 0.497 e. The Morgan fingerprint density at radius 2 is 1.89 bits per heavy atom. The summed E-state index contributed by atoms with van der Waals surface area (Å²) in [5.41, 5.74) is 2.82. The minimum Gasteiger partial charge on any atom is -0.497 e. The zero-order chi connectivity index (χ0) is 19.6. The molecule has 1 unspecified atom stereocenters. The minimum absolute atomic E-state index is 0. The quantitative estimate of drug-likeness (QED) is 0.277. The average Bonchev–Trinajstić information content (AvgIpc) is 3.11. The van der Waals surface area contributed by atoms with E-state index in [0.717, 1.165) is 47.7 Å². The van der Waals surface area contributed by atoms with E-state index in [1.165, 1.54) is 0 Å². The summed E-state index contributed by atoms with van der Waals surface area (Å²) in [5, 5.41) is 20.9. The molecule has 0 aliphatic heterocycles. The van der Waals surface area contributed by atoms with Gasteiger partial charge >= 0.3 is 0 Å². The Labute approximate surface area is 184 Å². The summed E-state index contributed by atoms with van der Waals surface area (Å²) < 4.78 is 10.5. The van der Waals surface area contributed by atoms with Gasteiger partial charge in [0.15, 0.2) is 5.96 Å². The Bertz CT molecular complexity index is 710. The lowest BCUT2D eigenvalue weighted by atomic mass is 10.1. The summed E-state index contributed by atoms with van der Waals surface area (Å²) in [5.74, 6) is 2.29. The van der Waals surface area contributed by atoms with Gasteiger partial charge in [0.1, 0.15) is 11.5 Å². The van der Waals surface area contributed by atoms with Gasteiger partial charge in [0.2, 0.25) is 0 Å². The van der Waals surface area contributed by atoms with E-state index in [1.807, 2.05) is 38.1 Å². The maximum atomic E-state index is 10.4. The van der Waals surface area contributed by atoms with E-state index in [-0.39, 0.29) is 24.0 Å². The number of methoxy groups -OCH3 is 1. The predicted octanol–water partition coefficient (Wildman–Crippen LogP) is 3.21. The molecule has 0 amide bonds. The molecule has 0 aliphatic rings. The van der Waals surface area contributed by atoms with Gasteiger partial charge in [0, 0.05) is 25.1 Å². The van der Waals surface area contributed by atoms with Crippen molar-refractivity contribution in [2.75, 3.05) is 20.2 Å². The highest BCUT2D eigenvalue weighted by molar-refractivity contribution is 14.0. The van der Waals surface area contributed by atoms with Crippen molar-refractivity contribution >= 4 is 29.9 Å². The molecule has 0 fully saturated rings. The number of aryl methyl sites for hydroxylation is 2. The molecule has 2 aromatic rings. The molecule has 2 rings (SSSR count). The SMILES string of the molecule is CCNC(=NCc1c(CC)noc1CC)NCC(O)c1ccc(OC)cc1.I. The van der Waals surface area contributed by atoms with Crippen molar-refractivity contribution < 1.29 is 14.4 Å². The number of hydrogen-bond acceptors (Lipinski definition) is 5. The molecule has 1 aromatic heterocycles. The van der Waals surface area contributed by atoms with Gasteiger partial charge in [-0.1, -0.05) is 31.1 Å². The standard InChI is InChI=1S/C20H30N4O3.HI/c1-5-17-16(19(6-2)27-24-17)12-22-20(21-7-3)23-13-18(25)14-8-10-15(26-4)11-9-14;/h8-11,18,25H,5-7,12-13H2,1-4H3,(H2,21,22,23);1H. The summed E-state index contributed by atoms with van der Waals surface area (Å²) in [6.45, 7) is 7.68. The van der Waals surface area contributed by atoms with Gasteiger partial charge < -0.3 is 25.0 Å². The van der Waals surface area contributed by atoms with E-state index in [9.17, 15) is 5.11 Å². The van der Waals surface area contributed by atoms with Crippen LogP contribution in [-0.4, -0.2) is 36.4 Å². The van der Waals surface area contributed by atoms with Crippen LogP contribution in [-0.2, 0) is 19.4 Å². The molecule has 1 heterocycles. The first kappa shape index (κ1) is 24.2. The second-order valence-electron chi connectivity index (χ2n) is 6.10. The van der Waals surface area contributed by atoms with Crippen molar-refractivity contribution in [1.82, 2.24) is 15.8 Å². The number of nitrogens with one attached hydrogen (secondary N) is 2. The van der Waals surface area contributed by atoms with Crippen LogP contribution in [0.2, 0.25) is 0 Å². The normalized spacial score (nSPS) is 12.2. The Morgan fingerprint density at radius 1 is 1.18 bits per heavy atom. The maximum Gasteiger partial charge on any atom is 0.191 e. The first-order valence-corrected chi connectivity index (χ1v) is 9.43. The van der Waals surface area contributed by atoms with Crippen LogP contribution in [0.15, 0.2) is 33.8 Å². The van der Waals surface area contributed by atoms with Gasteiger partial charge in [0.25, 0.3) is 0 Å². The zero-order valence-corrected chi connectivity index (χ0v) is 19.3. The van der Waals surface area contributed by atoms with Crippen molar-refractivity contribution in [3.05, 3.63) is 46.8 Å².